The number of aromatic nitrogens is 1. The zero-order chi connectivity index (χ0) is 12.4. The number of carbonyl (C=O) groups excluding carboxylic acids is 1. The fourth-order valence-electron chi connectivity index (χ4n) is 1.55. The van der Waals surface area contributed by atoms with Crippen LogP contribution in [0, 0.1) is 12.7 Å². The molecule has 1 heterocycles. The van der Waals surface area contributed by atoms with Gasteiger partial charge in [0.2, 0.25) is 5.78 Å². The van der Waals surface area contributed by atoms with Crippen LogP contribution < -0.4 is 5.73 Å². The van der Waals surface area contributed by atoms with Crippen LogP contribution in [0.1, 0.15) is 21.6 Å². The Bertz CT molecular complexity index is 581. The molecule has 0 fully saturated rings. The summed E-state index contributed by atoms with van der Waals surface area (Å²) in [7, 11) is 0. The van der Waals surface area contributed by atoms with E-state index in [2.05, 4.69) is 4.98 Å². The van der Waals surface area contributed by atoms with Crippen molar-refractivity contribution >= 4 is 11.5 Å². The number of hydrogen-bond donors (Lipinski definition) is 1. The molecule has 2 rings (SSSR count). The third-order valence-electron chi connectivity index (χ3n) is 2.42. The lowest BCUT2D eigenvalue weighted by molar-refractivity contribution is 0.103. The van der Waals surface area contributed by atoms with Gasteiger partial charge in [-0.3, -0.25) is 9.78 Å². The Labute approximate surface area is 98.1 Å². The highest BCUT2D eigenvalue weighted by Gasteiger charge is 2.17. The summed E-state index contributed by atoms with van der Waals surface area (Å²) in [5, 5.41) is 0. The second-order valence-electron chi connectivity index (χ2n) is 3.75. The lowest BCUT2D eigenvalue weighted by Gasteiger charge is -2.05. The first-order chi connectivity index (χ1) is 8.09. The molecule has 0 radical (unpaired) electrons. The molecular formula is C13H11FN2O. The van der Waals surface area contributed by atoms with Crippen LogP contribution in [0.2, 0.25) is 0 Å². The predicted molar refractivity (Wildman–Crippen MR) is 63.2 cm³/mol. The molecule has 0 aliphatic carbocycles. The Morgan fingerprint density at radius 3 is 2.82 bits per heavy atom. The van der Waals surface area contributed by atoms with E-state index < -0.39 is 11.6 Å². The summed E-state index contributed by atoms with van der Waals surface area (Å²) < 4.78 is 13.5. The number of aryl methyl sites for hydroxylation is 1. The number of hydrogen-bond acceptors (Lipinski definition) is 3. The molecule has 2 aromatic rings. The van der Waals surface area contributed by atoms with Crippen LogP contribution in [0.5, 0.6) is 0 Å². The molecule has 0 spiro atoms. The molecule has 86 valence electrons. The van der Waals surface area contributed by atoms with Crippen molar-refractivity contribution in [1.82, 2.24) is 4.98 Å². The summed E-state index contributed by atoms with van der Waals surface area (Å²) in [4.78, 5) is 15.9. The highest BCUT2D eigenvalue weighted by atomic mass is 19.1. The second-order valence-corrected chi connectivity index (χ2v) is 3.75. The first kappa shape index (κ1) is 11.3. The molecule has 0 saturated heterocycles. The van der Waals surface area contributed by atoms with Crippen molar-refractivity contribution in [3.8, 4) is 0 Å². The van der Waals surface area contributed by atoms with Gasteiger partial charge < -0.3 is 5.73 Å². The third kappa shape index (κ3) is 2.15. The Kier molecular flexibility index (Phi) is 2.87. The zero-order valence-corrected chi connectivity index (χ0v) is 9.27. The molecule has 0 saturated carbocycles. The number of nitrogen functional groups attached to an aromatic ring is 1. The summed E-state index contributed by atoms with van der Waals surface area (Å²) in [6.07, 6.45) is 1.46. The number of benzene rings is 1. The maximum Gasteiger partial charge on any atom is 0.216 e. The van der Waals surface area contributed by atoms with Gasteiger partial charge in [0.1, 0.15) is 11.5 Å². The lowest BCUT2D eigenvalue weighted by atomic mass is 10.0. The number of anilines is 1. The smallest absolute Gasteiger partial charge is 0.216 e. The van der Waals surface area contributed by atoms with Crippen molar-refractivity contribution < 1.29 is 9.18 Å². The molecule has 0 aliphatic heterocycles. The van der Waals surface area contributed by atoms with E-state index in [1.165, 1.54) is 18.3 Å². The molecule has 3 nitrogen and oxygen atoms in total. The number of nitrogens with two attached hydrogens (primary N) is 1. The number of halogens is 1. The highest BCUT2D eigenvalue weighted by Crippen LogP contribution is 2.17. The van der Waals surface area contributed by atoms with Crippen molar-refractivity contribution in [1.29, 1.82) is 0 Å². The van der Waals surface area contributed by atoms with Gasteiger partial charge >= 0.3 is 0 Å². The third-order valence-corrected chi connectivity index (χ3v) is 2.42. The minimum absolute atomic E-state index is 0.00426. The van der Waals surface area contributed by atoms with Crippen molar-refractivity contribution in [3.63, 3.8) is 0 Å². The van der Waals surface area contributed by atoms with Gasteiger partial charge in [-0.2, -0.15) is 0 Å². The fraction of sp³-hybridized carbons (Fsp3) is 0.0769. The van der Waals surface area contributed by atoms with E-state index >= 15 is 0 Å². The standard InChI is InChI=1S/C13H11FN2O/c1-8-4-5-10(14)9(7-8)13(17)12-11(15)3-2-6-16-12/h2-7H,15H2,1H3. The maximum atomic E-state index is 13.5. The Morgan fingerprint density at radius 2 is 2.12 bits per heavy atom. The molecule has 0 amide bonds. The monoisotopic (exact) mass is 230 g/mol. The molecule has 0 unspecified atom stereocenters. The van der Waals surface area contributed by atoms with Crippen LogP contribution in [-0.2, 0) is 0 Å². The second kappa shape index (κ2) is 4.33. The molecule has 17 heavy (non-hydrogen) atoms. The van der Waals surface area contributed by atoms with Crippen molar-refractivity contribution in [2.75, 3.05) is 5.73 Å². The molecule has 0 aliphatic rings. The fourth-order valence-corrected chi connectivity index (χ4v) is 1.55. The van der Waals surface area contributed by atoms with E-state index in [0.717, 1.165) is 5.56 Å². The first-order valence-electron chi connectivity index (χ1n) is 5.11. The van der Waals surface area contributed by atoms with Gasteiger partial charge in [-0.1, -0.05) is 11.6 Å². The van der Waals surface area contributed by atoms with Crippen LogP contribution in [-0.4, -0.2) is 10.8 Å². The van der Waals surface area contributed by atoms with E-state index in [1.807, 2.05) is 0 Å². The summed E-state index contributed by atoms with van der Waals surface area (Å²) >= 11 is 0. The lowest BCUT2D eigenvalue weighted by Crippen LogP contribution is -2.09. The maximum absolute atomic E-state index is 13.5. The van der Waals surface area contributed by atoms with E-state index in [1.54, 1.807) is 25.1 Å². The van der Waals surface area contributed by atoms with Crippen molar-refractivity contribution in [2.45, 2.75) is 6.92 Å². The summed E-state index contributed by atoms with van der Waals surface area (Å²) in [6.45, 7) is 1.79. The number of rotatable bonds is 2. The normalized spacial score (nSPS) is 10.2. The minimum Gasteiger partial charge on any atom is -0.397 e. The number of nitrogens with zero attached hydrogens (tertiary/aromatic N) is 1. The van der Waals surface area contributed by atoms with Crippen molar-refractivity contribution in [3.05, 3.63) is 59.2 Å². The summed E-state index contributed by atoms with van der Waals surface area (Å²) in [5.74, 6) is -1.06. The molecular weight excluding hydrogens is 219 g/mol. The SMILES string of the molecule is Cc1ccc(F)c(C(=O)c2ncccc2N)c1. The molecule has 0 bridgehead atoms. The summed E-state index contributed by atoms with van der Waals surface area (Å²) in [5.41, 5.74) is 6.78. The predicted octanol–water partition coefficient (Wildman–Crippen LogP) is 2.34. The van der Waals surface area contributed by atoms with Gasteiger partial charge in [-0.05, 0) is 31.2 Å². The molecule has 1 aromatic carbocycles. The van der Waals surface area contributed by atoms with E-state index in [4.69, 9.17) is 5.73 Å². The average Bonchev–Trinajstić information content (AvgIpc) is 2.32. The van der Waals surface area contributed by atoms with E-state index in [-0.39, 0.29) is 16.9 Å². The zero-order valence-electron chi connectivity index (χ0n) is 9.27. The van der Waals surface area contributed by atoms with Crippen LogP contribution >= 0.6 is 0 Å². The largest absolute Gasteiger partial charge is 0.397 e. The van der Waals surface area contributed by atoms with Gasteiger partial charge in [-0.25, -0.2) is 4.39 Å². The summed E-state index contributed by atoms with van der Waals surface area (Å²) in [6, 6.07) is 7.55. The molecule has 2 N–H and O–H groups in total. The van der Waals surface area contributed by atoms with Crippen LogP contribution in [0.4, 0.5) is 10.1 Å². The molecule has 0 atom stereocenters. The molecule has 4 heteroatoms. The average molecular weight is 230 g/mol. The molecule has 1 aromatic heterocycles. The van der Waals surface area contributed by atoms with Crippen LogP contribution in [0.25, 0.3) is 0 Å². The number of carbonyl (C=O) groups is 1. The van der Waals surface area contributed by atoms with Crippen LogP contribution in [0.3, 0.4) is 0 Å². The minimum atomic E-state index is -0.564. The van der Waals surface area contributed by atoms with Gasteiger partial charge in [0.05, 0.1) is 11.3 Å². The number of pyridine rings is 1. The number of ketones is 1. The Balaban J connectivity index is 2.51. The Morgan fingerprint density at radius 1 is 1.35 bits per heavy atom. The van der Waals surface area contributed by atoms with E-state index in [9.17, 15) is 9.18 Å². The van der Waals surface area contributed by atoms with Gasteiger partial charge in [-0.15, -0.1) is 0 Å². The topological polar surface area (TPSA) is 56.0 Å². The van der Waals surface area contributed by atoms with E-state index in [0.29, 0.717) is 0 Å². The van der Waals surface area contributed by atoms with Gasteiger partial charge in [0.25, 0.3) is 0 Å². The van der Waals surface area contributed by atoms with Gasteiger partial charge in [0.15, 0.2) is 0 Å². The van der Waals surface area contributed by atoms with Gasteiger partial charge in [0, 0.05) is 6.20 Å². The quantitative estimate of drug-likeness (QED) is 0.805. The highest BCUT2D eigenvalue weighted by molar-refractivity contribution is 6.10. The Hall–Kier alpha value is -2.23. The van der Waals surface area contributed by atoms with Crippen LogP contribution in [0.15, 0.2) is 36.5 Å². The van der Waals surface area contributed by atoms with Crippen molar-refractivity contribution in [2.24, 2.45) is 0 Å². The first-order valence-corrected chi connectivity index (χ1v) is 5.11.